The van der Waals surface area contributed by atoms with Gasteiger partial charge in [-0.25, -0.2) is 4.39 Å². The number of nitrogens with zero attached hydrogens (tertiary/aromatic N) is 2. The Kier molecular flexibility index (Phi) is 4.12. The van der Waals surface area contributed by atoms with Gasteiger partial charge in [0.25, 0.3) is 0 Å². The Hall–Kier alpha value is -1.94. The summed E-state index contributed by atoms with van der Waals surface area (Å²) in [7, 11) is 1.83. The van der Waals surface area contributed by atoms with Gasteiger partial charge in [-0.15, -0.1) is 0 Å². The van der Waals surface area contributed by atoms with Crippen LogP contribution in [0.4, 0.5) is 10.1 Å². The molecule has 100 valence electrons. The van der Waals surface area contributed by atoms with Gasteiger partial charge in [-0.2, -0.15) is 0 Å². The molecule has 4 heteroatoms. The molecule has 1 unspecified atom stereocenters. The summed E-state index contributed by atoms with van der Waals surface area (Å²) >= 11 is 0. The molecule has 0 aliphatic carbocycles. The number of rotatable bonds is 4. The van der Waals surface area contributed by atoms with Crippen molar-refractivity contribution in [3.8, 4) is 0 Å². The van der Waals surface area contributed by atoms with Crippen LogP contribution in [0.1, 0.15) is 24.2 Å². The monoisotopic (exact) mass is 260 g/mol. The Bertz CT molecular complexity index is 543. The maximum absolute atomic E-state index is 14.0. The van der Waals surface area contributed by atoms with Crippen molar-refractivity contribution < 1.29 is 9.50 Å². The molecule has 0 fully saturated rings. The van der Waals surface area contributed by atoms with Crippen LogP contribution in [0, 0.1) is 5.82 Å². The van der Waals surface area contributed by atoms with Crippen molar-refractivity contribution in [3.05, 3.63) is 59.7 Å². The lowest BCUT2D eigenvalue weighted by molar-refractivity contribution is 0.199. The number of halogens is 1. The van der Waals surface area contributed by atoms with E-state index in [0.29, 0.717) is 17.8 Å². The molecule has 2 rings (SSSR count). The quantitative estimate of drug-likeness (QED) is 0.918. The minimum absolute atomic E-state index is 0.324. The molecule has 0 radical (unpaired) electrons. The normalized spacial score (nSPS) is 12.2. The van der Waals surface area contributed by atoms with Crippen molar-refractivity contribution >= 4 is 5.69 Å². The van der Waals surface area contributed by atoms with Crippen LogP contribution in [0.5, 0.6) is 0 Å². The molecule has 0 saturated heterocycles. The van der Waals surface area contributed by atoms with Gasteiger partial charge in [-0.3, -0.25) is 4.98 Å². The number of hydrogen-bond acceptors (Lipinski definition) is 3. The van der Waals surface area contributed by atoms with E-state index in [-0.39, 0.29) is 5.82 Å². The summed E-state index contributed by atoms with van der Waals surface area (Å²) in [6.07, 6.45) is 2.78. The molecule has 3 nitrogen and oxygen atoms in total. The molecule has 0 bridgehead atoms. The third-order valence-corrected chi connectivity index (χ3v) is 3.03. The van der Waals surface area contributed by atoms with Crippen LogP contribution < -0.4 is 4.90 Å². The Morgan fingerprint density at radius 1 is 1.26 bits per heavy atom. The van der Waals surface area contributed by atoms with Crippen molar-refractivity contribution in [3.63, 3.8) is 0 Å². The first kappa shape index (κ1) is 13.5. The second kappa shape index (κ2) is 5.80. The highest BCUT2D eigenvalue weighted by Crippen LogP contribution is 2.23. The number of pyridine rings is 1. The zero-order valence-electron chi connectivity index (χ0n) is 11.0. The van der Waals surface area contributed by atoms with Crippen molar-refractivity contribution in [2.24, 2.45) is 0 Å². The van der Waals surface area contributed by atoms with Gasteiger partial charge in [0.15, 0.2) is 0 Å². The highest BCUT2D eigenvalue weighted by molar-refractivity contribution is 5.49. The lowest BCUT2D eigenvalue weighted by Gasteiger charge is -2.20. The van der Waals surface area contributed by atoms with E-state index in [1.807, 2.05) is 24.1 Å². The van der Waals surface area contributed by atoms with Gasteiger partial charge < -0.3 is 10.0 Å². The minimum atomic E-state index is -0.658. The van der Waals surface area contributed by atoms with E-state index >= 15 is 0 Å². The number of aliphatic hydroxyl groups is 1. The van der Waals surface area contributed by atoms with Crippen LogP contribution in [0.25, 0.3) is 0 Å². The second-order valence-electron chi connectivity index (χ2n) is 4.60. The van der Waals surface area contributed by atoms with Gasteiger partial charge in [0.1, 0.15) is 5.82 Å². The molecule has 19 heavy (non-hydrogen) atoms. The average molecular weight is 260 g/mol. The molecule has 1 aromatic carbocycles. The highest BCUT2D eigenvalue weighted by atomic mass is 19.1. The van der Waals surface area contributed by atoms with E-state index in [1.165, 1.54) is 6.07 Å². The van der Waals surface area contributed by atoms with Crippen molar-refractivity contribution in [2.75, 3.05) is 11.9 Å². The molecule has 0 saturated carbocycles. The SMILES string of the molecule is CC(O)c1ccc(N(C)Cc2ccncc2)c(F)c1. The Morgan fingerprint density at radius 3 is 2.53 bits per heavy atom. The Labute approximate surface area is 112 Å². The summed E-state index contributed by atoms with van der Waals surface area (Å²) in [6.45, 7) is 2.22. The summed E-state index contributed by atoms with van der Waals surface area (Å²) in [5.74, 6) is -0.324. The number of benzene rings is 1. The molecule has 1 N–H and O–H groups in total. The second-order valence-corrected chi connectivity index (χ2v) is 4.60. The molecule has 0 aliphatic rings. The van der Waals surface area contributed by atoms with Crippen LogP contribution in [0.3, 0.4) is 0 Å². The minimum Gasteiger partial charge on any atom is -0.389 e. The number of aromatic nitrogens is 1. The molecule has 0 amide bonds. The van der Waals surface area contributed by atoms with Gasteiger partial charge >= 0.3 is 0 Å². The van der Waals surface area contributed by atoms with E-state index in [9.17, 15) is 9.50 Å². The topological polar surface area (TPSA) is 36.4 Å². The zero-order valence-corrected chi connectivity index (χ0v) is 11.0. The third kappa shape index (κ3) is 3.29. The average Bonchev–Trinajstić information content (AvgIpc) is 2.39. The van der Waals surface area contributed by atoms with E-state index in [1.54, 1.807) is 31.5 Å². The lowest BCUT2D eigenvalue weighted by atomic mass is 10.1. The fourth-order valence-corrected chi connectivity index (χ4v) is 1.94. The first-order valence-corrected chi connectivity index (χ1v) is 6.15. The molecular weight excluding hydrogens is 243 g/mol. The molecule has 0 aliphatic heterocycles. The summed E-state index contributed by atoms with van der Waals surface area (Å²) in [5.41, 5.74) is 2.16. The summed E-state index contributed by atoms with van der Waals surface area (Å²) in [5, 5.41) is 9.43. The van der Waals surface area contributed by atoms with E-state index < -0.39 is 6.10 Å². The first-order valence-electron chi connectivity index (χ1n) is 6.15. The predicted molar refractivity (Wildman–Crippen MR) is 73.4 cm³/mol. The standard InChI is InChI=1S/C15H17FN2O/c1-11(19)13-3-4-15(14(16)9-13)18(2)10-12-5-7-17-8-6-12/h3-9,11,19H,10H2,1-2H3. The van der Waals surface area contributed by atoms with Crippen molar-refractivity contribution in [1.29, 1.82) is 0 Å². The van der Waals surface area contributed by atoms with Crippen LogP contribution in [-0.4, -0.2) is 17.1 Å². The van der Waals surface area contributed by atoms with Gasteiger partial charge in [-0.1, -0.05) is 6.07 Å². The van der Waals surface area contributed by atoms with Gasteiger partial charge in [-0.05, 0) is 42.3 Å². The first-order chi connectivity index (χ1) is 9.08. The highest BCUT2D eigenvalue weighted by Gasteiger charge is 2.10. The summed E-state index contributed by atoms with van der Waals surface area (Å²) in [4.78, 5) is 5.78. The predicted octanol–water partition coefficient (Wildman–Crippen LogP) is 2.91. The molecule has 1 atom stereocenters. The molecular formula is C15H17FN2O. The maximum Gasteiger partial charge on any atom is 0.146 e. The summed E-state index contributed by atoms with van der Waals surface area (Å²) in [6, 6.07) is 8.62. The summed E-state index contributed by atoms with van der Waals surface area (Å²) < 4.78 is 14.0. The van der Waals surface area contributed by atoms with Gasteiger partial charge in [0.2, 0.25) is 0 Å². The van der Waals surface area contributed by atoms with Crippen LogP contribution >= 0.6 is 0 Å². The molecule has 0 spiro atoms. The zero-order chi connectivity index (χ0) is 13.8. The number of anilines is 1. The Balaban J connectivity index is 2.17. The fourth-order valence-electron chi connectivity index (χ4n) is 1.94. The smallest absolute Gasteiger partial charge is 0.146 e. The van der Waals surface area contributed by atoms with Crippen LogP contribution in [0.15, 0.2) is 42.7 Å². The van der Waals surface area contributed by atoms with E-state index in [0.717, 1.165) is 5.56 Å². The fraction of sp³-hybridized carbons (Fsp3) is 0.267. The van der Waals surface area contributed by atoms with Gasteiger partial charge in [0.05, 0.1) is 11.8 Å². The Morgan fingerprint density at radius 2 is 1.95 bits per heavy atom. The molecule has 1 heterocycles. The number of hydrogen-bond donors (Lipinski definition) is 1. The van der Waals surface area contributed by atoms with Crippen molar-refractivity contribution in [2.45, 2.75) is 19.6 Å². The molecule has 1 aromatic heterocycles. The largest absolute Gasteiger partial charge is 0.389 e. The van der Waals surface area contributed by atoms with Gasteiger partial charge in [0, 0.05) is 26.0 Å². The number of aliphatic hydroxyl groups excluding tert-OH is 1. The third-order valence-electron chi connectivity index (χ3n) is 3.03. The maximum atomic E-state index is 14.0. The van der Waals surface area contributed by atoms with Crippen LogP contribution in [0.2, 0.25) is 0 Å². The molecule has 2 aromatic rings. The lowest BCUT2D eigenvalue weighted by Crippen LogP contribution is -2.17. The van der Waals surface area contributed by atoms with E-state index in [4.69, 9.17) is 0 Å². The van der Waals surface area contributed by atoms with E-state index in [2.05, 4.69) is 4.98 Å². The van der Waals surface area contributed by atoms with Crippen molar-refractivity contribution in [1.82, 2.24) is 4.98 Å². The van der Waals surface area contributed by atoms with Crippen LogP contribution in [-0.2, 0) is 6.54 Å².